The smallest absolute Gasteiger partial charge is 0.161 e. The van der Waals surface area contributed by atoms with Gasteiger partial charge in [0, 0.05) is 35.6 Å². The Hall–Kier alpha value is -3.73. The monoisotopic (exact) mass is 509 g/mol. The molecular formula is C33H39N3O2. The SMILES string of the molecule is CCCCOc1cc(-c2nc(-c3ccc(N4CCCCC4)cc3)c(CCc3ccccc3)[nH]2)cc(C)c1O. The Kier molecular flexibility index (Phi) is 8.32. The van der Waals surface area contributed by atoms with Gasteiger partial charge in [0.1, 0.15) is 5.82 Å². The molecule has 1 fully saturated rings. The van der Waals surface area contributed by atoms with Crippen LogP contribution in [-0.2, 0) is 12.8 Å². The lowest BCUT2D eigenvalue weighted by Crippen LogP contribution is -2.29. The van der Waals surface area contributed by atoms with Gasteiger partial charge in [0.25, 0.3) is 0 Å². The number of piperidine rings is 1. The molecule has 0 unspecified atom stereocenters. The summed E-state index contributed by atoms with van der Waals surface area (Å²) in [5.41, 5.74) is 7.52. The predicted molar refractivity (Wildman–Crippen MR) is 156 cm³/mol. The summed E-state index contributed by atoms with van der Waals surface area (Å²) in [6, 6.07) is 23.4. The molecule has 0 spiro atoms. The highest BCUT2D eigenvalue weighted by molar-refractivity contribution is 5.71. The molecule has 3 aromatic carbocycles. The van der Waals surface area contributed by atoms with Crippen LogP contribution < -0.4 is 9.64 Å². The lowest BCUT2D eigenvalue weighted by molar-refractivity contribution is 0.292. The van der Waals surface area contributed by atoms with Gasteiger partial charge in [-0.3, -0.25) is 0 Å². The van der Waals surface area contributed by atoms with Crippen LogP contribution in [0.5, 0.6) is 11.5 Å². The van der Waals surface area contributed by atoms with E-state index in [4.69, 9.17) is 9.72 Å². The third-order valence-corrected chi connectivity index (χ3v) is 7.44. The number of anilines is 1. The molecule has 5 heteroatoms. The first-order valence-electron chi connectivity index (χ1n) is 14.1. The van der Waals surface area contributed by atoms with E-state index in [9.17, 15) is 5.11 Å². The van der Waals surface area contributed by atoms with E-state index in [2.05, 4.69) is 71.4 Å². The Labute approximate surface area is 226 Å². The number of aryl methyl sites for hydroxylation is 3. The lowest BCUT2D eigenvalue weighted by atomic mass is 10.0. The Morgan fingerprint density at radius 2 is 1.68 bits per heavy atom. The van der Waals surface area contributed by atoms with Crippen LogP contribution in [0, 0.1) is 6.92 Å². The largest absolute Gasteiger partial charge is 0.504 e. The minimum Gasteiger partial charge on any atom is -0.504 e. The summed E-state index contributed by atoms with van der Waals surface area (Å²) in [6.45, 7) is 6.90. The number of aromatic nitrogens is 2. The number of unbranched alkanes of at least 4 members (excludes halogenated alkanes) is 1. The van der Waals surface area contributed by atoms with Gasteiger partial charge in [-0.05, 0) is 80.8 Å². The number of benzene rings is 3. The molecular weight excluding hydrogens is 470 g/mol. The number of nitrogens with zero attached hydrogens (tertiary/aromatic N) is 2. The summed E-state index contributed by atoms with van der Waals surface area (Å²) in [5, 5.41) is 10.6. The Morgan fingerprint density at radius 1 is 0.921 bits per heavy atom. The number of ether oxygens (including phenoxy) is 1. The molecule has 1 aliphatic rings. The van der Waals surface area contributed by atoms with Gasteiger partial charge in [-0.2, -0.15) is 0 Å². The fourth-order valence-electron chi connectivity index (χ4n) is 5.18. The van der Waals surface area contributed by atoms with E-state index in [1.165, 1.54) is 30.5 Å². The number of phenols is 1. The van der Waals surface area contributed by atoms with Crippen molar-refractivity contribution in [2.75, 3.05) is 24.6 Å². The zero-order chi connectivity index (χ0) is 26.3. The van der Waals surface area contributed by atoms with E-state index in [1.54, 1.807) is 0 Å². The molecule has 0 aliphatic carbocycles. The molecule has 4 aromatic rings. The Bertz CT molecular complexity index is 1320. The molecule has 2 heterocycles. The highest BCUT2D eigenvalue weighted by atomic mass is 16.5. The molecule has 198 valence electrons. The molecule has 0 saturated carbocycles. The van der Waals surface area contributed by atoms with Crippen molar-refractivity contribution in [3.05, 3.63) is 83.6 Å². The number of imidazole rings is 1. The first-order chi connectivity index (χ1) is 18.6. The first-order valence-corrected chi connectivity index (χ1v) is 14.1. The van der Waals surface area contributed by atoms with Gasteiger partial charge >= 0.3 is 0 Å². The molecule has 1 aromatic heterocycles. The van der Waals surface area contributed by atoms with Crippen LogP contribution in [0.25, 0.3) is 22.6 Å². The van der Waals surface area contributed by atoms with Gasteiger partial charge in [-0.1, -0.05) is 55.8 Å². The summed E-state index contributed by atoms with van der Waals surface area (Å²) >= 11 is 0. The number of phenolic OH excluding ortho intramolecular Hbond substituents is 1. The fourth-order valence-corrected chi connectivity index (χ4v) is 5.18. The maximum Gasteiger partial charge on any atom is 0.161 e. The van der Waals surface area contributed by atoms with E-state index in [0.717, 1.165) is 72.7 Å². The van der Waals surface area contributed by atoms with Crippen LogP contribution in [0.15, 0.2) is 66.7 Å². The maximum absolute atomic E-state index is 10.6. The minimum atomic E-state index is 0.203. The number of hydrogen-bond acceptors (Lipinski definition) is 4. The average molecular weight is 510 g/mol. The van der Waals surface area contributed by atoms with Crippen LogP contribution in [0.4, 0.5) is 5.69 Å². The molecule has 0 amide bonds. The van der Waals surface area contributed by atoms with E-state index in [0.29, 0.717) is 12.4 Å². The van der Waals surface area contributed by atoms with Gasteiger partial charge in [0.2, 0.25) is 0 Å². The first kappa shape index (κ1) is 25.9. The van der Waals surface area contributed by atoms with Crippen LogP contribution in [0.1, 0.15) is 55.8 Å². The predicted octanol–water partition coefficient (Wildman–Crippen LogP) is 7.71. The average Bonchev–Trinajstić information content (AvgIpc) is 3.39. The number of rotatable bonds is 10. The van der Waals surface area contributed by atoms with E-state index >= 15 is 0 Å². The number of hydrogen-bond donors (Lipinski definition) is 2. The topological polar surface area (TPSA) is 61.4 Å². The zero-order valence-corrected chi connectivity index (χ0v) is 22.7. The minimum absolute atomic E-state index is 0.203. The van der Waals surface area contributed by atoms with Crippen LogP contribution in [0.2, 0.25) is 0 Å². The number of nitrogens with one attached hydrogen (secondary N) is 1. The van der Waals surface area contributed by atoms with Gasteiger partial charge in [-0.25, -0.2) is 4.98 Å². The van der Waals surface area contributed by atoms with E-state index < -0.39 is 0 Å². The number of aromatic amines is 1. The molecule has 2 N–H and O–H groups in total. The molecule has 5 rings (SSSR count). The van der Waals surface area contributed by atoms with Gasteiger partial charge < -0.3 is 19.7 Å². The molecule has 0 atom stereocenters. The maximum atomic E-state index is 10.6. The molecule has 1 aliphatic heterocycles. The van der Waals surface area contributed by atoms with E-state index in [1.807, 2.05) is 19.1 Å². The van der Waals surface area contributed by atoms with Gasteiger partial charge in [0.05, 0.1) is 12.3 Å². The van der Waals surface area contributed by atoms with Crippen molar-refractivity contribution in [1.29, 1.82) is 0 Å². The second-order valence-electron chi connectivity index (χ2n) is 10.3. The summed E-state index contributed by atoms with van der Waals surface area (Å²) in [7, 11) is 0. The Morgan fingerprint density at radius 3 is 2.42 bits per heavy atom. The van der Waals surface area contributed by atoms with Crippen molar-refractivity contribution in [2.45, 2.75) is 58.8 Å². The molecule has 5 nitrogen and oxygen atoms in total. The van der Waals surface area contributed by atoms with Crippen molar-refractivity contribution in [3.63, 3.8) is 0 Å². The molecule has 38 heavy (non-hydrogen) atoms. The summed E-state index contributed by atoms with van der Waals surface area (Å²) in [5.74, 6) is 1.52. The van der Waals surface area contributed by atoms with Crippen LogP contribution in [-0.4, -0.2) is 34.8 Å². The lowest BCUT2D eigenvalue weighted by Gasteiger charge is -2.28. The zero-order valence-electron chi connectivity index (χ0n) is 22.7. The molecule has 0 bridgehead atoms. The van der Waals surface area contributed by atoms with Crippen molar-refractivity contribution < 1.29 is 9.84 Å². The summed E-state index contributed by atoms with van der Waals surface area (Å²) in [4.78, 5) is 11.2. The normalized spacial score (nSPS) is 13.6. The second-order valence-corrected chi connectivity index (χ2v) is 10.3. The molecule has 0 radical (unpaired) electrons. The highest BCUT2D eigenvalue weighted by Crippen LogP contribution is 2.36. The number of H-pyrrole nitrogens is 1. The third kappa shape index (κ3) is 6.04. The molecule has 1 saturated heterocycles. The second kappa shape index (κ2) is 12.2. The van der Waals surface area contributed by atoms with Crippen molar-refractivity contribution in [2.24, 2.45) is 0 Å². The van der Waals surface area contributed by atoms with E-state index in [-0.39, 0.29) is 5.75 Å². The van der Waals surface area contributed by atoms with Crippen molar-refractivity contribution >= 4 is 5.69 Å². The third-order valence-electron chi connectivity index (χ3n) is 7.44. The van der Waals surface area contributed by atoms with Crippen LogP contribution in [0.3, 0.4) is 0 Å². The number of aromatic hydroxyl groups is 1. The van der Waals surface area contributed by atoms with Crippen molar-refractivity contribution in [3.8, 4) is 34.1 Å². The van der Waals surface area contributed by atoms with Crippen LogP contribution >= 0.6 is 0 Å². The summed E-state index contributed by atoms with van der Waals surface area (Å²) < 4.78 is 5.92. The van der Waals surface area contributed by atoms with Crippen molar-refractivity contribution in [1.82, 2.24) is 9.97 Å². The fraction of sp³-hybridized carbons (Fsp3) is 0.364. The Balaban J connectivity index is 1.47. The highest BCUT2D eigenvalue weighted by Gasteiger charge is 2.18. The summed E-state index contributed by atoms with van der Waals surface area (Å²) in [6.07, 6.45) is 7.65. The quantitative estimate of drug-likeness (QED) is 0.215. The standard InChI is InChI=1S/C33H39N3O2/c1-3-4-21-38-30-23-27(22-24(2)32(30)37)33-34-29(18-13-25-11-7-5-8-12-25)31(35-33)26-14-16-28(17-15-26)36-19-9-6-10-20-36/h5,7-8,11-12,14-17,22-23,37H,3-4,6,9-10,13,18-21H2,1-2H3,(H,34,35). The van der Waals surface area contributed by atoms with Gasteiger partial charge in [0.15, 0.2) is 11.5 Å². The van der Waals surface area contributed by atoms with Gasteiger partial charge in [-0.15, -0.1) is 0 Å².